The van der Waals surface area contributed by atoms with Crippen LogP contribution < -0.4 is 10.2 Å². The van der Waals surface area contributed by atoms with Gasteiger partial charge in [-0.3, -0.25) is 0 Å². The molecule has 0 unspecified atom stereocenters. The Hall–Kier alpha value is -3.62. The van der Waals surface area contributed by atoms with Crippen LogP contribution in [0.25, 0.3) is 0 Å². The highest BCUT2D eigenvalue weighted by Gasteiger charge is 2.31. The Morgan fingerprint density at radius 1 is 1.00 bits per heavy atom. The Morgan fingerprint density at radius 2 is 1.69 bits per heavy atom. The molecule has 2 aromatic carbocycles. The number of nitrogens with one attached hydrogen (secondary N) is 1. The first kappa shape index (κ1) is 25.5. The number of alkyl halides is 3. The molecule has 1 aromatic heterocycles. The van der Waals surface area contributed by atoms with Crippen LogP contribution in [0.3, 0.4) is 0 Å². The second kappa shape index (κ2) is 10.6. The molecule has 0 saturated carbocycles. The first-order chi connectivity index (χ1) is 17.1. The SMILES string of the molecule is CCc1nc(C)nc(N2CCN(C(=O)Nc3cccc(C(F)(F)F)c3)CC2)c1Cc1ccc(C)cc1. The molecule has 3 aromatic rings. The lowest BCUT2D eigenvalue weighted by Crippen LogP contribution is -2.50. The fourth-order valence-electron chi connectivity index (χ4n) is 4.38. The van der Waals surface area contributed by atoms with Crippen LogP contribution in [0, 0.1) is 13.8 Å². The second-order valence-electron chi connectivity index (χ2n) is 9.02. The molecule has 0 spiro atoms. The van der Waals surface area contributed by atoms with Gasteiger partial charge in [0.05, 0.1) is 5.56 Å². The summed E-state index contributed by atoms with van der Waals surface area (Å²) < 4.78 is 39.0. The monoisotopic (exact) mass is 497 g/mol. The largest absolute Gasteiger partial charge is 0.416 e. The molecule has 2 heterocycles. The summed E-state index contributed by atoms with van der Waals surface area (Å²) in [5.41, 5.74) is 3.82. The average Bonchev–Trinajstić information content (AvgIpc) is 2.86. The minimum Gasteiger partial charge on any atom is -0.353 e. The van der Waals surface area contributed by atoms with Crippen molar-refractivity contribution in [2.24, 2.45) is 0 Å². The van der Waals surface area contributed by atoms with Crippen molar-refractivity contribution >= 4 is 17.5 Å². The van der Waals surface area contributed by atoms with Gasteiger partial charge >= 0.3 is 12.2 Å². The van der Waals surface area contributed by atoms with E-state index in [2.05, 4.69) is 53.3 Å². The predicted octanol–water partition coefficient (Wildman–Crippen LogP) is 5.62. The Labute approximate surface area is 209 Å². The minimum atomic E-state index is -4.46. The molecule has 0 aliphatic carbocycles. The van der Waals surface area contributed by atoms with Crippen molar-refractivity contribution in [3.8, 4) is 0 Å². The summed E-state index contributed by atoms with van der Waals surface area (Å²) in [4.78, 5) is 26.0. The van der Waals surface area contributed by atoms with Gasteiger partial charge in [0, 0.05) is 49.5 Å². The number of anilines is 2. The standard InChI is InChI=1S/C27H30F3N5O/c1-4-24-23(16-20-10-8-18(2)9-11-20)25(32-19(3)31-24)34-12-14-35(15-13-34)26(36)33-22-7-5-6-21(17-22)27(28,29)30/h5-11,17H,4,12-16H2,1-3H3,(H,33,36). The maximum absolute atomic E-state index is 13.0. The molecule has 1 fully saturated rings. The Balaban J connectivity index is 1.47. The van der Waals surface area contributed by atoms with Crippen LogP contribution in [-0.4, -0.2) is 47.1 Å². The van der Waals surface area contributed by atoms with E-state index in [0.717, 1.165) is 42.0 Å². The smallest absolute Gasteiger partial charge is 0.353 e. The van der Waals surface area contributed by atoms with Crippen molar-refractivity contribution < 1.29 is 18.0 Å². The molecular weight excluding hydrogens is 467 g/mol. The number of carbonyl (C=O) groups is 1. The lowest BCUT2D eigenvalue weighted by Gasteiger charge is -2.36. The van der Waals surface area contributed by atoms with E-state index in [4.69, 9.17) is 4.98 Å². The van der Waals surface area contributed by atoms with Crippen molar-refractivity contribution in [2.75, 3.05) is 36.4 Å². The summed E-state index contributed by atoms with van der Waals surface area (Å²) in [6.07, 6.45) is -2.96. The summed E-state index contributed by atoms with van der Waals surface area (Å²) in [5.74, 6) is 1.59. The quantitative estimate of drug-likeness (QED) is 0.497. The van der Waals surface area contributed by atoms with Crippen molar-refractivity contribution in [3.63, 3.8) is 0 Å². The third kappa shape index (κ3) is 5.95. The number of urea groups is 1. The molecule has 9 heteroatoms. The Morgan fingerprint density at radius 3 is 2.33 bits per heavy atom. The van der Waals surface area contributed by atoms with Gasteiger partial charge in [0.1, 0.15) is 11.6 Å². The average molecular weight is 498 g/mol. The molecule has 0 atom stereocenters. The van der Waals surface area contributed by atoms with E-state index in [0.29, 0.717) is 32.0 Å². The van der Waals surface area contributed by atoms with Crippen LogP contribution in [-0.2, 0) is 19.0 Å². The molecule has 1 aliphatic rings. The molecule has 0 radical (unpaired) electrons. The van der Waals surface area contributed by atoms with E-state index in [-0.39, 0.29) is 5.69 Å². The van der Waals surface area contributed by atoms with E-state index in [1.807, 2.05) is 6.92 Å². The number of nitrogens with zero attached hydrogens (tertiary/aromatic N) is 4. The molecule has 2 amide bonds. The summed E-state index contributed by atoms with van der Waals surface area (Å²) in [6, 6.07) is 12.7. The lowest BCUT2D eigenvalue weighted by molar-refractivity contribution is -0.137. The van der Waals surface area contributed by atoms with Crippen LogP contribution in [0.5, 0.6) is 0 Å². The molecular formula is C27H30F3N5O. The third-order valence-electron chi connectivity index (χ3n) is 6.33. The minimum absolute atomic E-state index is 0.122. The number of piperazine rings is 1. The zero-order valence-electron chi connectivity index (χ0n) is 20.7. The van der Waals surface area contributed by atoms with Crippen molar-refractivity contribution in [1.29, 1.82) is 0 Å². The molecule has 6 nitrogen and oxygen atoms in total. The van der Waals surface area contributed by atoms with Crippen LogP contribution in [0.1, 0.15) is 40.7 Å². The molecule has 1 aliphatic heterocycles. The van der Waals surface area contributed by atoms with Crippen LogP contribution >= 0.6 is 0 Å². The number of hydrogen-bond donors (Lipinski definition) is 1. The molecule has 36 heavy (non-hydrogen) atoms. The molecule has 4 rings (SSSR count). The summed E-state index contributed by atoms with van der Waals surface area (Å²) in [6.45, 7) is 8.02. The number of halogens is 3. The van der Waals surface area contributed by atoms with Gasteiger partial charge < -0.3 is 15.1 Å². The molecule has 1 saturated heterocycles. The van der Waals surface area contributed by atoms with Gasteiger partial charge in [0.15, 0.2) is 0 Å². The number of aryl methyl sites for hydroxylation is 3. The predicted molar refractivity (Wildman–Crippen MR) is 134 cm³/mol. The number of hydrogen-bond acceptors (Lipinski definition) is 4. The summed E-state index contributed by atoms with van der Waals surface area (Å²) in [7, 11) is 0. The third-order valence-corrected chi connectivity index (χ3v) is 6.33. The topological polar surface area (TPSA) is 61.4 Å². The number of amides is 2. The Bertz CT molecular complexity index is 1220. The van der Waals surface area contributed by atoms with Gasteiger partial charge in [-0.25, -0.2) is 14.8 Å². The number of aromatic nitrogens is 2. The van der Waals surface area contributed by atoms with Gasteiger partial charge in [-0.05, 0) is 44.0 Å². The maximum Gasteiger partial charge on any atom is 0.416 e. The highest BCUT2D eigenvalue weighted by atomic mass is 19.4. The first-order valence-corrected chi connectivity index (χ1v) is 12.0. The molecule has 1 N–H and O–H groups in total. The molecule has 0 bridgehead atoms. The summed E-state index contributed by atoms with van der Waals surface area (Å²) >= 11 is 0. The lowest BCUT2D eigenvalue weighted by atomic mass is 10.0. The van der Waals surface area contributed by atoms with E-state index in [9.17, 15) is 18.0 Å². The molecule has 190 valence electrons. The fraction of sp³-hybridized carbons (Fsp3) is 0.370. The van der Waals surface area contributed by atoms with Crippen molar-refractivity contribution in [2.45, 2.75) is 39.8 Å². The van der Waals surface area contributed by atoms with Crippen molar-refractivity contribution in [1.82, 2.24) is 14.9 Å². The Kier molecular flexibility index (Phi) is 7.47. The van der Waals surface area contributed by atoms with Crippen LogP contribution in [0.4, 0.5) is 29.5 Å². The van der Waals surface area contributed by atoms with E-state index in [1.165, 1.54) is 23.3 Å². The fourth-order valence-corrected chi connectivity index (χ4v) is 4.38. The normalized spacial score (nSPS) is 14.2. The van der Waals surface area contributed by atoms with E-state index in [1.54, 1.807) is 4.90 Å². The van der Waals surface area contributed by atoms with E-state index >= 15 is 0 Å². The van der Waals surface area contributed by atoms with Gasteiger partial charge in [-0.2, -0.15) is 13.2 Å². The van der Waals surface area contributed by atoms with Gasteiger partial charge in [-0.15, -0.1) is 0 Å². The van der Waals surface area contributed by atoms with Gasteiger partial charge in [0.25, 0.3) is 0 Å². The zero-order chi connectivity index (χ0) is 25.9. The highest BCUT2D eigenvalue weighted by molar-refractivity contribution is 5.89. The summed E-state index contributed by atoms with van der Waals surface area (Å²) in [5, 5.41) is 2.60. The van der Waals surface area contributed by atoms with Gasteiger partial charge in [-0.1, -0.05) is 42.8 Å². The number of carbonyl (C=O) groups excluding carboxylic acids is 1. The first-order valence-electron chi connectivity index (χ1n) is 12.0. The highest BCUT2D eigenvalue weighted by Crippen LogP contribution is 2.31. The van der Waals surface area contributed by atoms with Crippen molar-refractivity contribution in [3.05, 3.63) is 82.3 Å². The van der Waals surface area contributed by atoms with Crippen LogP contribution in [0.15, 0.2) is 48.5 Å². The maximum atomic E-state index is 13.0. The van der Waals surface area contributed by atoms with Gasteiger partial charge in [0.2, 0.25) is 0 Å². The number of rotatable bonds is 5. The van der Waals surface area contributed by atoms with E-state index < -0.39 is 17.8 Å². The zero-order valence-corrected chi connectivity index (χ0v) is 20.7. The number of benzene rings is 2. The second-order valence-corrected chi connectivity index (χ2v) is 9.02. The van der Waals surface area contributed by atoms with Crippen LogP contribution in [0.2, 0.25) is 0 Å².